The van der Waals surface area contributed by atoms with Gasteiger partial charge in [0.2, 0.25) is 0 Å². The predicted octanol–water partition coefficient (Wildman–Crippen LogP) is 2.79. The molecule has 0 aliphatic rings. The Hall–Kier alpha value is -1.75. The fourth-order valence-corrected chi connectivity index (χ4v) is 1.99. The normalized spacial score (nSPS) is 12.6. The number of halogens is 2. The van der Waals surface area contributed by atoms with Gasteiger partial charge in [0, 0.05) is 18.8 Å². The summed E-state index contributed by atoms with van der Waals surface area (Å²) in [6.45, 7) is 2.72. The van der Waals surface area contributed by atoms with Crippen LogP contribution in [-0.4, -0.2) is 16.1 Å². The molecule has 0 aliphatic heterocycles. The number of rotatable bonds is 5. The van der Waals surface area contributed by atoms with Gasteiger partial charge in [-0.05, 0) is 19.0 Å². The zero-order chi connectivity index (χ0) is 13.8. The van der Waals surface area contributed by atoms with Crippen molar-refractivity contribution < 1.29 is 8.78 Å². The highest BCUT2D eigenvalue weighted by Crippen LogP contribution is 2.24. The Morgan fingerprint density at radius 3 is 2.79 bits per heavy atom. The molecule has 1 aromatic carbocycles. The number of benzene rings is 1. The molecule has 0 radical (unpaired) electrons. The number of aromatic nitrogens is 2. The summed E-state index contributed by atoms with van der Waals surface area (Å²) in [7, 11) is 1.84. The Kier molecular flexibility index (Phi) is 4.27. The summed E-state index contributed by atoms with van der Waals surface area (Å²) in [6, 6.07) is 3.78. The number of nitrogens with one attached hydrogen (secondary N) is 1. The summed E-state index contributed by atoms with van der Waals surface area (Å²) in [5.41, 5.74) is 0.965. The second-order valence-electron chi connectivity index (χ2n) is 4.49. The molecule has 1 N–H and O–H groups in total. The minimum atomic E-state index is -0.836. The molecule has 1 aromatic heterocycles. The quantitative estimate of drug-likeness (QED) is 0.901. The molecule has 0 spiro atoms. The molecule has 0 saturated carbocycles. The third-order valence-electron chi connectivity index (χ3n) is 2.91. The van der Waals surface area contributed by atoms with Crippen LogP contribution < -0.4 is 5.32 Å². The maximum Gasteiger partial charge on any atom is 0.163 e. The van der Waals surface area contributed by atoms with Crippen LogP contribution in [0.5, 0.6) is 0 Å². The lowest BCUT2D eigenvalue weighted by atomic mass is 10.0. The van der Waals surface area contributed by atoms with Gasteiger partial charge in [0.25, 0.3) is 0 Å². The summed E-state index contributed by atoms with van der Waals surface area (Å²) in [4.78, 5) is 4.23. The highest BCUT2D eigenvalue weighted by molar-refractivity contribution is 5.29. The van der Waals surface area contributed by atoms with Gasteiger partial charge in [0.05, 0.1) is 18.1 Å². The van der Waals surface area contributed by atoms with E-state index in [0.29, 0.717) is 12.2 Å². The Balaban J connectivity index is 2.39. The smallest absolute Gasteiger partial charge is 0.163 e. The topological polar surface area (TPSA) is 29.9 Å². The minimum Gasteiger partial charge on any atom is -0.340 e. The molecule has 5 heteroatoms. The molecule has 1 atom stereocenters. The lowest BCUT2D eigenvalue weighted by Crippen LogP contribution is -2.24. The van der Waals surface area contributed by atoms with Crippen molar-refractivity contribution in [2.45, 2.75) is 19.4 Å². The number of aryl methyl sites for hydroxylation is 1. The molecule has 2 rings (SSSR count). The van der Waals surface area contributed by atoms with Crippen LogP contribution in [0.4, 0.5) is 8.78 Å². The van der Waals surface area contributed by atoms with Crippen LogP contribution >= 0.6 is 0 Å². The molecule has 0 aliphatic carbocycles. The van der Waals surface area contributed by atoms with Gasteiger partial charge >= 0.3 is 0 Å². The Labute approximate surface area is 111 Å². The summed E-state index contributed by atoms with van der Waals surface area (Å²) in [5, 5.41) is 3.20. The molecule has 0 amide bonds. The lowest BCUT2D eigenvalue weighted by molar-refractivity contribution is 0.478. The minimum absolute atomic E-state index is 0.284. The van der Waals surface area contributed by atoms with Crippen LogP contribution in [0.15, 0.2) is 30.7 Å². The third-order valence-corrected chi connectivity index (χ3v) is 2.91. The second-order valence-corrected chi connectivity index (χ2v) is 4.49. The molecule has 19 heavy (non-hydrogen) atoms. The molecular weight excluding hydrogens is 248 g/mol. The largest absolute Gasteiger partial charge is 0.340 e. The zero-order valence-electron chi connectivity index (χ0n) is 11.0. The maximum atomic E-state index is 13.9. The van der Waals surface area contributed by atoms with Gasteiger partial charge in [-0.15, -0.1) is 0 Å². The van der Waals surface area contributed by atoms with E-state index in [1.54, 1.807) is 23.2 Å². The fourth-order valence-electron chi connectivity index (χ4n) is 1.99. The SMILES string of the molecule is CCCNC(c1cn(C)cn1)c1cccc(F)c1F. The highest BCUT2D eigenvalue weighted by atomic mass is 19.2. The van der Waals surface area contributed by atoms with Crippen LogP contribution in [0.2, 0.25) is 0 Å². The van der Waals surface area contributed by atoms with E-state index in [4.69, 9.17) is 0 Å². The van der Waals surface area contributed by atoms with Crippen molar-refractivity contribution in [3.05, 3.63) is 53.6 Å². The van der Waals surface area contributed by atoms with Gasteiger partial charge in [-0.1, -0.05) is 19.1 Å². The van der Waals surface area contributed by atoms with Crippen molar-refractivity contribution in [2.75, 3.05) is 6.54 Å². The van der Waals surface area contributed by atoms with Crippen LogP contribution in [0.1, 0.15) is 30.6 Å². The van der Waals surface area contributed by atoms with Crippen molar-refractivity contribution in [2.24, 2.45) is 7.05 Å². The average molecular weight is 265 g/mol. The van der Waals surface area contributed by atoms with E-state index in [0.717, 1.165) is 12.5 Å². The first kappa shape index (κ1) is 13.7. The second kappa shape index (κ2) is 5.93. The molecule has 0 saturated heterocycles. The first-order valence-electron chi connectivity index (χ1n) is 6.28. The summed E-state index contributed by atoms with van der Waals surface area (Å²) in [5.74, 6) is -1.65. The number of imidazole rings is 1. The van der Waals surface area contributed by atoms with Crippen LogP contribution in [0.3, 0.4) is 0 Å². The van der Waals surface area contributed by atoms with E-state index < -0.39 is 17.7 Å². The van der Waals surface area contributed by atoms with Crippen LogP contribution in [0, 0.1) is 11.6 Å². The molecular formula is C14H17F2N3. The average Bonchev–Trinajstić information content (AvgIpc) is 2.81. The van der Waals surface area contributed by atoms with Gasteiger partial charge in [0.15, 0.2) is 11.6 Å². The maximum absolute atomic E-state index is 13.9. The van der Waals surface area contributed by atoms with Gasteiger partial charge in [-0.25, -0.2) is 13.8 Å². The van der Waals surface area contributed by atoms with Crippen molar-refractivity contribution in [3.63, 3.8) is 0 Å². The van der Waals surface area contributed by atoms with E-state index in [9.17, 15) is 8.78 Å². The third kappa shape index (κ3) is 2.98. The summed E-state index contributed by atoms with van der Waals surface area (Å²) in [6.07, 6.45) is 4.35. The van der Waals surface area contributed by atoms with Crippen LogP contribution in [0.25, 0.3) is 0 Å². The van der Waals surface area contributed by atoms with Crippen molar-refractivity contribution in [3.8, 4) is 0 Å². The van der Waals surface area contributed by atoms with Crippen molar-refractivity contribution >= 4 is 0 Å². The van der Waals surface area contributed by atoms with Gasteiger partial charge < -0.3 is 9.88 Å². The van der Waals surface area contributed by atoms with Gasteiger partial charge in [0.1, 0.15) is 0 Å². The molecule has 102 valence electrons. The zero-order valence-corrected chi connectivity index (χ0v) is 11.0. The molecule has 1 unspecified atom stereocenters. The Morgan fingerprint density at radius 2 is 2.16 bits per heavy atom. The summed E-state index contributed by atoms with van der Waals surface area (Å²) < 4.78 is 29.1. The summed E-state index contributed by atoms with van der Waals surface area (Å²) >= 11 is 0. The van der Waals surface area contributed by atoms with E-state index in [1.165, 1.54) is 6.07 Å². The monoisotopic (exact) mass is 265 g/mol. The highest BCUT2D eigenvalue weighted by Gasteiger charge is 2.21. The number of hydrogen-bond donors (Lipinski definition) is 1. The van der Waals surface area contributed by atoms with Crippen LogP contribution in [-0.2, 0) is 7.05 Å². The first-order valence-corrected chi connectivity index (χ1v) is 6.28. The first-order chi connectivity index (χ1) is 9.13. The fraction of sp³-hybridized carbons (Fsp3) is 0.357. The molecule has 0 bridgehead atoms. The predicted molar refractivity (Wildman–Crippen MR) is 69.7 cm³/mol. The number of hydrogen-bond acceptors (Lipinski definition) is 2. The van der Waals surface area contributed by atoms with Gasteiger partial charge in [-0.3, -0.25) is 0 Å². The molecule has 1 heterocycles. The molecule has 0 fully saturated rings. The molecule has 2 aromatic rings. The number of nitrogens with zero attached hydrogens (tertiary/aromatic N) is 2. The standard InChI is InChI=1S/C14H17F2N3/c1-3-7-17-14(12-8-19(2)9-18-12)10-5-4-6-11(15)13(10)16/h4-6,8-9,14,17H,3,7H2,1-2H3. The van der Waals surface area contributed by atoms with Gasteiger partial charge in [-0.2, -0.15) is 0 Å². The van der Waals surface area contributed by atoms with E-state index in [1.807, 2.05) is 14.0 Å². The molecule has 3 nitrogen and oxygen atoms in total. The van der Waals surface area contributed by atoms with E-state index in [2.05, 4.69) is 10.3 Å². The Bertz CT molecular complexity index is 551. The lowest BCUT2D eigenvalue weighted by Gasteiger charge is -2.17. The van der Waals surface area contributed by atoms with E-state index >= 15 is 0 Å². The Morgan fingerprint density at radius 1 is 1.37 bits per heavy atom. The van der Waals surface area contributed by atoms with Crippen molar-refractivity contribution in [1.29, 1.82) is 0 Å². The van der Waals surface area contributed by atoms with Crippen molar-refractivity contribution in [1.82, 2.24) is 14.9 Å². The van der Waals surface area contributed by atoms with E-state index in [-0.39, 0.29) is 5.56 Å².